The summed E-state index contributed by atoms with van der Waals surface area (Å²) in [5.74, 6) is -0.0541. The van der Waals surface area contributed by atoms with Gasteiger partial charge in [0.05, 0.1) is 6.61 Å². The maximum Gasteiger partial charge on any atom is 0.303 e. The molecule has 0 spiro atoms. The minimum absolute atomic E-state index is 0.105. The lowest BCUT2D eigenvalue weighted by molar-refractivity contribution is -0.136. The molecular formula is C19H20O4. The van der Waals surface area contributed by atoms with Crippen LogP contribution in [0.15, 0.2) is 48.5 Å². The quantitative estimate of drug-likeness (QED) is 0.566. The second kappa shape index (κ2) is 8.73. The van der Waals surface area contributed by atoms with E-state index >= 15 is 0 Å². The molecule has 0 fully saturated rings. The van der Waals surface area contributed by atoms with Gasteiger partial charge in [-0.2, -0.15) is 0 Å². The van der Waals surface area contributed by atoms with Crippen LogP contribution >= 0.6 is 0 Å². The first-order valence-electron chi connectivity index (χ1n) is 7.67. The first kappa shape index (κ1) is 16.7. The van der Waals surface area contributed by atoms with Gasteiger partial charge in [-0.05, 0) is 36.1 Å². The summed E-state index contributed by atoms with van der Waals surface area (Å²) in [7, 11) is 0. The van der Waals surface area contributed by atoms with Crippen LogP contribution in [0.1, 0.15) is 24.8 Å². The maximum atomic E-state index is 10.7. The van der Waals surface area contributed by atoms with Crippen molar-refractivity contribution in [1.29, 1.82) is 0 Å². The number of carbonyl (C=O) groups is 2. The van der Waals surface area contributed by atoms with Gasteiger partial charge in [-0.25, -0.2) is 0 Å². The number of ether oxygens (including phenoxy) is 1. The van der Waals surface area contributed by atoms with Crippen molar-refractivity contribution in [2.75, 3.05) is 6.61 Å². The third-order valence-electron chi connectivity index (χ3n) is 3.48. The van der Waals surface area contributed by atoms with Crippen LogP contribution in [-0.4, -0.2) is 24.0 Å². The molecule has 23 heavy (non-hydrogen) atoms. The largest absolute Gasteiger partial charge is 0.493 e. The Morgan fingerprint density at radius 3 is 2.61 bits per heavy atom. The van der Waals surface area contributed by atoms with Gasteiger partial charge >= 0.3 is 5.97 Å². The molecule has 0 aliphatic rings. The van der Waals surface area contributed by atoms with Crippen molar-refractivity contribution in [2.45, 2.75) is 25.7 Å². The number of aliphatic carboxylic acids is 1. The van der Waals surface area contributed by atoms with E-state index in [4.69, 9.17) is 9.84 Å². The number of aldehydes is 1. The molecule has 0 radical (unpaired) electrons. The highest BCUT2D eigenvalue weighted by atomic mass is 16.5. The summed E-state index contributed by atoms with van der Waals surface area (Å²) < 4.78 is 5.80. The minimum atomic E-state index is -0.805. The molecule has 4 heteroatoms. The van der Waals surface area contributed by atoms with Gasteiger partial charge in [0.15, 0.2) is 0 Å². The molecule has 0 aliphatic heterocycles. The Hall–Kier alpha value is -2.62. The SMILES string of the molecule is O=CCCCOc1ccc(CCC(=O)O)cc1-c1ccccc1. The number of carboxylic acid groups (broad SMARTS) is 1. The fourth-order valence-corrected chi connectivity index (χ4v) is 2.30. The molecule has 120 valence electrons. The average molecular weight is 312 g/mol. The predicted octanol–water partition coefficient (Wildman–Crippen LogP) is 3.73. The van der Waals surface area contributed by atoms with Crippen LogP contribution in [0, 0.1) is 0 Å². The number of benzene rings is 2. The van der Waals surface area contributed by atoms with Gasteiger partial charge in [-0.1, -0.05) is 36.4 Å². The van der Waals surface area contributed by atoms with Gasteiger partial charge in [0, 0.05) is 18.4 Å². The van der Waals surface area contributed by atoms with E-state index in [1.165, 1.54) is 0 Å². The second-order valence-corrected chi connectivity index (χ2v) is 5.25. The number of unbranched alkanes of at least 4 members (excludes halogenated alkanes) is 1. The van der Waals surface area contributed by atoms with Crippen molar-refractivity contribution >= 4 is 12.3 Å². The Balaban J connectivity index is 2.22. The highest BCUT2D eigenvalue weighted by molar-refractivity contribution is 5.72. The fourth-order valence-electron chi connectivity index (χ4n) is 2.30. The number of carboxylic acids is 1. The van der Waals surface area contributed by atoms with Gasteiger partial charge in [0.2, 0.25) is 0 Å². The minimum Gasteiger partial charge on any atom is -0.493 e. The van der Waals surface area contributed by atoms with Gasteiger partial charge in [0.1, 0.15) is 12.0 Å². The summed E-state index contributed by atoms with van der Waals surface area (Å²) in [6.07, 6.45) is 2.64. The molecule has 0 saturated carbocycles. The van der Waals surface area contributed by atoms with E-state index in [1.54, 1.807) is 0 Å². The summed E-state index contributed by atoms with van der Waals surface area (Å²) in [6.45, 7) is 0.479. The van der Waals surface area contributed by atoms with E-state index in [2.05, 4.69) is 0 Å². The topological polar surface area (TPSA) is 63.6 Å². The van der Waals surface area contributed by atoms with E-state index in [-0.39, 0.29) is 6.42 Å². The van der Waals surface area contributed by atoms with Gasteiger partial charge in [0.25, 0.3) is 0 Å². The Labute approximate surface area is 135 Å². The Bertz CT molecular complexity index is 650. The van der Waals surface area contributed by atoms with E-state index in [0.717, 1.165) is 28.7 Å². The third kappa shape index (κ3) is 5.25. The Morgan fingerprint density at radius 2 is 1.91 bits per heavy atom. The van der Waals surface area contributed by atoms with Crippen molar-refractivity contribution in [3.63, 3.8) is 0 Å². The van der Waals surface area contributed by atoms with Crippen LogP contribution in [-0.2, 0) is 16.0 Å². The number of rotatable bonds is 9. The third-order valence-corrected chi connectivity index (χ3v) is 3.48. The van der Waals surface area contributed by atoms with Gasteiger partial charge < -0.3 is 14.6 Å². The maximum absolute atomic E-state index is 10.7. The van der Waals surface area contributed by atoms with E-state index in [0.29, 0.717) is 25.9 Å². The van der Waals surface area contributed by atoms with Crippen molar-refractivity contribution in [2.24, 2.45) is 0 Å². The lowest BCUT2D eigenvalue weighted by atomic mass is 10.00. The molecule has 2 aromatic rings. The highest BCUT2D eigenvalue weighted by Gasteiger charge is 2.09. The van der Waals surface area contributed by atoms with Crippen molar-refractivity contribution in [3.05, 3.63) is 54.1 Å². The predicted molar refractivity (Wildman–Crippen MR) is 88.6 cm³/mol. The molecule has 0 heterocycles. The molecular weight excluding hydrogens is 292 g/mol. The number of hydrogen-bond acceptors (Lipinski definition) is 3. The van der Waals surface area contributed by atoms with Crippen molar-refractivity contribution in [3.8, 4) is 16.9 Å². The molecule has 2 aromatic carbocycles. The van der Waals surface area contributed by atoms with Crippen LogP contribution < -0.4 is 4.74 Å². The fraction of sp³-hybridized carbons (Fsp3) is 0.263. The van der Waals surface area contributed by atoms with Crippen molar-refractivity contribution < 1.29 is 19.4 Å². The molecule has 0 unspecified atom stereocenters. The van der Waals surface area contributed by atoms with E-state index in [1.807, 2.05) is 48.5 Å². The first-order chi connectivity index (χ1) is 11.2. The van der Waals surface area contributed by atoms with Gasteiger partial charge in [-0.15, -0.1) is 0 Å². The number of carbonyl (C=O) groups excluding carboxylic acids is 1. The van der Waals surface area contributed by atoms with Crippen LogP contribution in [0.5, 0.6) is 5.75 Å². The summed E-state index contributed by atoms with van der Waals surface area (Å²) in [5, 5.41) is 8.83. The van der Waals surface area contributed by atoms with Crippen LogP contribution in [0.3, 0.4) is 0 Å². The Kier molecular flexibility index (Phi) is 6.36. The molecule has 4 nitrogen and oxygen atoms in total. The van der Waals surface area contributed by atoms with Crippen molar-refractivity contribution in [1.82, 2.24) is 0 Å². The molecule has 0 aromatic heterocycles. The normalized spacial score (nSPS) is 10.3. The van der Waals surface area contributed by atoms with Crippen LogP contribution in [0.4, 0.5) is 0 Å². The second-order valence-electron chi connectivity index (χ2n) is 5.25. The molecule has 1 N–H and O–H groups in total. The molecule has 0 saturated heterocycles. The van der Waals surface area contributed by atoms with E-state index < -0.39 is 5.97 Å². The summed E-state index contributed by atoms with van der Waals surface area (Å²) in [5.41, 5.74) is 2.93. The summed E-state index contributed by atoms with van der Waals surface area (Å²) in [6, 6.07) is 15.6. The lowest BCUT2D eigenvalue weighted by Crippen LogP contribution is -2.01. The average Bonchev–Trinajstić information content (AvgIpc) is 2.58. The first-order valence-corrected chi connectivity index (χ1v) is 7.67. The Morgan fingerprint density at radius 1 is 1.13 bits per heavy atom. The zero-order valence-electron chi connectivity index (χ0n) is 12.9. The van der Waals surface area contributed by atoms with Gasteiger partial charge in [-0.3, -0.25) is 4.79 Å². The highest BCUT2D eigenvalue weighted by Crippen LogP contribution is 2.31. The van der Waals surface area contributed by atoms with Crippen LogP contribution in [0.2, 0.25) is 0 Å². The summed E-state index contributed by atoms with van der Waals surface area (Å²) >= 11 is 0. The molecule has 0 bridgehead atoms. The van der Waals surface area contributed by atoms with Crippen LogP contribution in [0.25, 0.3) is 11.1 Å². The smallest absolute Gasteiger partial charge is 0.303 e. The number of aryl methyl sites for hydroxylation is 1. The lowest BCUT2D eigenvalue weighted by Gasteiger charge is -2.13. The number of hydrogen-bond donors (Lipinski definition) is 1. The van der Waals surface area contributed by atoms with E-state index in [9.17, 15) is 9.59 Å². The standard InChI is InChI=1S/C19H20O4/c20-12-4-5-13-23-18-10-8-15(9-11-19(21)22)14-17(18)16-6-2-1-3-7-16/h1-3,6-8,10,12,14H,4-5,9,11,13H2,(H,21,22). The molecule has 0 atom stereocenters. The monoisotopic (exact) mass is 312 g/mol. The zero-order chi connectivity index (χ0) is 16.5. The molecule has 2 rings (SSSR count). The zero-order valence-corrected chi connectivity index (χ0v) is 12.9. The molecule has 0 amide bonds. The molecule has 0 aliphatic carbocycles. The summed E-state index contributed by atoms with van der Waals surface area (Å²) in [4.78, 5) is 21.1.